The number of rotatable bonds is 4. The zero-order chi connectivity index (χ0) is 11.5. The van der Waals surface area contributed by atoms with Crippen molar-refractivity contribution in [3.8, 4) is 0 Å². The Bertz CT molecular complexity index is 448. The molecule has 0 aromatic heterocycles. The van der Waals surface area contributed by atoms with Crippen molar-refractivity contribution in [3.63, 3.8) is 0 Å². The second-order valence-electron chi connectivity index (χ2n) is 2.76. The lowest BCUT2D eigenvalue weighted by molar-refractivity contribution is 0.582. The molecular weight excluding hydrogens is 259 g/mol. The highest BCUT2D eigenvalue weighted by molar-refractivity contribution is 7.89. The van der Waals surface area contributed by atoms with E-state index in [0.29, 0.717) is 5.02 Å². The fraction of sp³-hybridized carbons (Fsp3) is 0.250. The molecule has 1 rings (SSSR count). The lowest BCUT2D eigenvalue weighted by atomic mass is 10.4. The molecule has 0 atom stereocenters. The molecule has 0 fully saturated rings. The second-order valence-corrected chi connectivity index (χ2v) is 5.34. The van der Waals surface area contributed by atoms with Gasteiger partial charge in [0.2, 0.25) is 10.0 Å². The number of hydrogen-bond donors (Lipinski definition) is 2. The minimum absolute atomic E-state index is 0.00187. The fourth-order valence-electron chi connectivity index (χ4n) is 0.964. The summed E-state index contributed by atoms with van der Waals surface area (Å²) in [5.74, 6) is 0. The topological polar surface area (TPSA) is 72.2 Å². The number of nitrogens with one attached hydrogen (secondary N) is 1. The van der Waals surface area contributed by atoms with Gasteiger partial charge in [-0.1, -0.05) is 23.2 Å². The first kappa shape index (κ1) is 12.7. The Kier molecular flexibility index (Phi) is 4.36. The summed E-state index contributed by atoms with van der Waals surface area (Å²) in [5.41, 5.74) is 5.19. The van der Waals surface area contributed by atoms with E-state index in [1.54, 1.807) is 0 Å². The average Bonchev–Trinajstić information content (AvgIpc) is 2.14. The van der Waals surface area contributed by atoms with Gasteiger partial charge >= 0.3 is 0 Å². The van der Waals surface area contributed by atoms with Crippen LogP contribution >= 0.6 is 23.2 Å². The van der Waals surface area contributed by atoms with Crippen molar-refractivity contribution in [1.29, 1.82) is 0 Å². The number of hydrogen-bond acceptors (Lipinski definition) is 3. The lowest BCUT2D eigenvalue weighted by Crippen LogP contribution is -2.29. The van der Waals surface area contributed by atoms with Gasteiger partial charge in [0.1, 0.15) is 4.90 Å². The molecule has 84 valence electrons. The maximum absolute atomic E-state index is 11.6. The predicted molar refractivity (Wildman–Crippen MR) is 60.7 cm³/mol. The zero-order valence-corrected chi connectivity index (χ0v) is 10.0. The Hall–Kier alpha value is -0.330. The van der Waals surface area contributed by atoms with E-state index in [1.165, 1.54) is 18.2 Å². The van der Waals surface area contributed by atoms with E-state index in [1.807, 2.05) is 0 Å². The maximum atomic E-state index is 11.6. The van der Waals surface area contributed by atoms with Crippen LogP contribution in [0.25, 0.3) is 0 Å². The van der Waals surface area contributed by atoms with Crippen LogP contribution in [0, 0.1) is 0 Å². The summed E-state index contributed by atoms with van der Waals surface area (Å²) in [7, 11) is -3.59. The van der Waals surface area contributed by atoms with Gasteiger partial charge in [-0.2, -0.15) is 0 Å². The Balaban J connectivity index is 3.05. The first-order valence-electron chi connectivity index (χ1n) is 4.12. The third-order valence-corrected chi connectivity index (χ3v) is 3.80. The van der Waals surface area contributed by atoms with E-state index >= 15 is 0 Å². The smallest absolute Gasteiger partial charge is 0.242 e. The molecule has 0 saturated heterocycles. The Morgan fingerprint density at radius 3 is 2.53 bits per heavy atom. The molecule has 0 aliphatic rings. The largest absolute Gasteiger partial charge is 0.329 e. The van der Waals surface area contributed by atoms with Gasteiger partial charge in [-0.25, -0.2) is 13.1 Å². The molecule has 0 heterocycles. The SMILES string of the molecule is NCCNS(=O)(=O)c1ccc(Cl)cc1Cl. The normalized spacial score (nSPS) is 11.7. The first-order chi connectivity index (χ1) is 6.97. The highest BCUT2D eigenvalue weighted by Crippen LogP contribution is 2.24. The molecule has 3 N–H and O–H groups in total. The van der Waals surface area contributed by atoms with Gasteiger partial charge in [0.15, 0.2) is 0 Å². The summed E-state index contributed by atoms with van der Waals surface area (Å²) in [5, 5.41) is 0.477. The second kappa shape index (κ2) is 5.14. The van der Waals surface area contributed by atoms with Gasteiger partial charge in [0.05, 0.1) is 5.02 Å². The molecule has 1 aromatic rings. The molecule has 0 radical (unpaired) electrons. The molecule has 7 heteroatoms. The molecule has 0 aliphatic heterocycles. The van der Waals surface area contributed by atoms with Crippen molar-refractivity contribution < 1.29 is 8.42 Å². The van der Waals surface area contributed by atoms with Crippen molar-refractivity contribution in [2.45, 2.75) is 4.90 Å². The van der Waals surface area contributed by atoms with Crippen molar-refractivity contribution >= 4 is 33.2 Å². The predicted octanol–water partition coefficient (Wildman–Crippen LogP) is 1.23. The van der Waals surface area contributed by atoms with Gasteiger partial charge in [-0.15, -0.1) is 0 Å². The Morgan fingerprint density at radius 2 is 2.00 bits per heavy atom. The van der Waals surface area contributed by atoms with Gasteiger partial charge in [-0.05, 0) is 18.2 Å². The summed E-state index contributed by atoms with van der Waals surface area (Å²) in [4.78, 5) is 0.00187. The van der Waals surface area contributed by atoms with Crippen LogP contribution in [0.1, 0.15) is 0 Å². The summed E-state index contributed by atoms with van der Waals surface area (Å²) < 4.78 is 25.6. The average molecular weight is 269 g/mol. The molecule has 1 aromatic carbocycles. The van der Waals surface area contributed by atoms with Gasteiger partial charge < -0.3 is 5.73 Å². The van der Waals surface area contributed by atoms with E-state index in [2.05, 4.69) is 4.72 Å². The molecule has 4 nitrogen and oxygen atoms in total. The standard InChI is InChI=1S/C8H10Cl2N2O2S/c9-6-1-2-8(7(10)5-6)15(13,14)12-4-3-11/h1-2,5,12H,3-4,11H2. The molecular formula is C8H10Cl2N2O2S. The number of halogens is 2. The molecule has 0 aliphatic carbocycles. The summed E-state index contributed by atoms with van der Waals surface area (Å²) in [6.45, 7) is 0.395. The van der Waals surface area contributed by atoms with Crippen LogP contribution in [0.3, 0.4) is 0 Å². The van der Waals surface area contributed by atoms with Crippen molar-refractivity contribution in [1.82, 2.24) is 4.72 Å². The van der Waals surface area contributed by atoms with Gasteiger partial charge in [0, 0.05) is 18.1 Å². The first-order valence-corrected chi connectivity index (χ1v) is 6.36. The third-order valence-electron chi connectivity index (χ3n) is 1.62. The summed E-state index contributed by atoms with van der Waals surface area (Å²) >= 11 is 11.4. The molecule has 15 heavy (non-hydrogen) atoms. The van der Waals surface area contributed by atoms with Gasteiger partial charge in [-0.3, -0.25) is 0 Å². The van der Waals surface area contributed by atoms with Crippen LogP contribution in [0.15, 0.2) is 23.1 Å². The molecule has 0 unspecified atom stereocenters. The van der Waals surface area contributed by atoms with Crippen LogP contribution in [-0.2, 0) is 10.0 Å². The Labute approximate surface area is 98.4 Å². The van der Waals surface area contributed by atoms with E-state index in [0.717, 1.165) is 0 Å². The molecule has 0 bridgehead atoms. The quantitative estimate of drug-likeness (QED) is 0.863. The van der Waals surface area contributed by atoms with E-state index in [-0.39, 0.29) is 23.0 Å². The van der Waals surface area contributed by atoms with Crippen LogP contribution in [-0.4, -0.2) is 21.5 Å². The van der Waals surface area contributed by atoms with Crippen LogP contribution in [0.4, 0.5) is 0 Å². The molecule has 0 saturated carbocycles. The lowest BCUT2D eigenvalue weighted by Gasteiger charge is -2.07. The third kappa shape index (κ3) is 3.32. The monoisotopic (exact) mass is 268 g/mol. The minimum atomic E-state index is -3.59. The van der Waals surface area contributed by atoms with Crippen LogP contribution in [0.2, 0.25) is 10.0 Å². The van der Waals surface area contributed by atoms with Gasteiger partial charge in [0.25, 0.3) is 0 Å². The van der Waals surface area contributed by atoms with E-state index in [9.17, 15) is 8.42 Å². The number of nitrogens with two attached hydrogens (primary N) is 1. The van der Waals surface area contributed by atoms with Crippen LogP contribution in [0.5, 0.6) is 0 Å². The van der Waals surface area contributed by atoms with Crippen LogP contribution < -0.4 is 10.5 Å². The zero-order valence-electron chi connectivity index (χ0n) is 7.70. The van der Waals surface area contributed by atoms with E-state index < -0.39 is 10.0 Å². The Morgan fingerprint density at radius 1 is 1.33 bits per heavy atom. The fourth-order valence-corrected chi connectivity index (χ4v) is 2.78. The summed E-state index contributed by atoms with van der Waals surface area (Å²) in [6.07, 6.45) is 0. The highest BCUT2D eigenvalue weighted by atomic mass is 35.5. The van der Waals surface area contributed by atoms with Crippen molar-refractivity contribution in [3.05, 3.63) is 28.2 Å². The van der Waals surface area contributed by atoms with Crippen molar-refractivity contribution in [2.75, 3.05) is 13.1 Å². The van der Waals surface area contributed by atoms with Crippen molar-refractivity contribution in [2.24, 2.45) is 5.73 Å². The number of sulfonamides is 1. The minimum Gasteiger partial charge on any atom is -0.329 e. The highest BCUT2D eigenvalue weighted by Gasteiger charge is 2.16. The maximum Gasteiger partial charge on any atom is 0.242 e. The van der Waals surface area contributed by atoms with E-state index in [4.69, 9.17) is 28.9 Å². The number of benzene rings is 1. The molecule has 0 amide bonds. The molecule has 0 spiro atoms. The summed E-state index contributed by atoms with van der Waals surface area (Å²) in [6, 6.07) is 4.19.